The summed E-state index contributed by atoms with van der Waals surface area (Å²) in [5.41, 5.74) is -0.522. The smallest absolute Gasteiger partial charge is 0.505 e. The molecule has 1 aromatic heterocycles. The van der Waals surface area contributed by atoms with Crippen molar-refractivity contribution in [3.05, 3.63) is 17.5 Å². The van der Waals surface area contributed by atoms with Crippen LogP contribution in [0.15, 0.2) is 6.20 Å². The Labute approximate surface area is 82.3 Å². The molecule has 0 atom stereocenters. The van der Waals surface area contributed by atoms with Crippen LogP contribution in [0.25, 0.3) is 0 Å². The number of aldehydes is 1. The van der Waals surface area contributed by atoms with Crippen LogP contribution in [-0.2, 0) is 0 Å². The monoisotopic (exact) mass is 221 g/mol. The van der Waals surface area contributed by atoms with Gasteiger partial charge in [0.15, 0.2) is 17.8 Å². The lowest BCUT2D eigenvalue weighted by molar-refractivity contribution is -0.275. The first-order valence-corrected chi connectivity index (χ1v) is 3.74. The fourth-order valence-electron chi connectivity index (χ4n) is 0.909. The number of hydrogen-bond acceptors (Lipinski definition) is 4. The molecule has 0 aliphatic carbocycles. The van der Waals surface area contributed by atoms with E-state index in [4.69, 9.17) is 0 Å². The third-order valence-electron chi connectivity index (χ3n) is 1.63. The van der Waals surface area contributed by atoms with Gasteiger partial charge in [-0.3, -0.25) is 4.79 Å². The van der Waals surface area contributed by atoms with Gasteiger partial charge >= 0.3 is 6.36 Å². The molecule has 0 aliphatic rings. The number of carbonyl (C=O) groups excluding carboxylic acids is 1. The van der Waals surface area contributed by atoms with Crippen LogP contribution < -0.4 is 4.74 Å². The summed E-state index contributed by atoms with van der Waals surface area (Å²) in [7, 11) is 0. The molecule has 0 spiro atoms. The molecule has 7 heteroatoms. The Balaban J connectivity index is 3.12. The van der Waals surface area contributed by atoms with Crippen molar-refractivity contribution in [2.24, 2.45) is 0 Å². The molecule has 0 unspecified atom stereocenters. The van der Waals surface area contributed by atoms with Gasteiger partial charge in [0.1, 0.15) is 5.69 Å². The van der Waals surface area contributed by atoms with E-state index in [0.29, 0.717) is 0 Å². The van der Waals surface area contributed by atoms with E-state index < -0.39 is 17.9 Å². The number of halogens is 3. The molecule has 15 heavy (non-hydrogen) atoms. The van der Waals surface area contributed by atoms with Crippen molar-refractivity contribution in [3.8, 4) is 11.5 Å². The molecule has 1 aromatic rings. The number of aromatic hydroxyl groups is 1. The van der Waals surface area contributed by atoms with Crippen LogP contribution >= 0.6 is 0 Å². The van der Waals surface area contributed by atoms with E-state index in [0.717, 1.165) is 6.20 Å². The molecule has 4 nitrogen and oxygen atoms in total. The molecule has 0 bridgehead atoms. The summed E-state index contributed by atoms with van der Waals surface area (Å²) in [5.74, 6) is -1.25. The van der Waals surface area contributed by atoms with Gasteiger partial charge in [0.2, 0.25) is 0 Å². The number of pyridine rings is 1. The zero-order chi connectivity index (χ0) is 11.6. The number of aromatic nitrogens is 1. The predicted molar refractivity (Wildman–Crippen MR) is 42.7 cm³/mol. The summed E-state index contributed by atoms with van der Waals surface area (Å²) in [6.45, 7) is 1.19. The molecule has 0 aromatic carbocycles. The fraction of sp³-hybridized carbons (Fsp3) is 0.250. The minimum absolute atomic E-state index is 0.190. The summed E-state index contributed by atoms with van der Waals surface area (Å²) in [4.78, 5) is 13.6. The number of nitrogens with zero attached hydrogens (tertiary/aromatic N) is 1. The van der Waals surface area contributed by atoms with Crippen LogP contribution in [0.3, 0.4) is 0 Å². The van der Waals surface area contributed by atoms with E-state index in [2.05, 4.69) is 9.72 Å². The number of alkyl halides is 3. The minimum atomic E-state index is -4.86. The molecule has 0 fully saturated rings. The normalized spacial score (nSPS) is 11.2. The average molecular weight is 221 g/mol. The standard InChI is InChI=1S/C8H6F3NO3/c1-4-6(15-8(9,10)11)2-12-5(3-13)7(4)14/h2-3,14H,1H3. The second-order valence-electron chi connectivity index (χ2n) is 2.65. The summed E-state index contributed by atoms with van der Waals surface area (Å²) in [6.07, 6.45) is -3.90. The van der Waals surface area contributed by atoms with Gasteiger partial charge < -0.3 is 9.84 Å². The lowest BCUT2D eigenvalue weighted by Crippen LogP contribution is -2.18. The largest absolute Gasteiger partial charge is 0.573 e. The zero-order valence-electron chi connectivity index (χ0n) is 7.50. The molecular formula is C8H6F3NO3. The highest BCUT2D eigenvalue weighted by molar-refractivity contribution is 5.77. The van der Waals surface area contributed by atoms with E-state index in [1.54, 1.807) is 0 Å². The van der Waals surface area contributed by atoms with E-state index in [1.807, 2.05) is 0 Å². The van der Waals surface area contributed by atoms with Crippen molar-refractivity contribution >= 4 is 6.29 Å². The third kappa shape index (κ3) is 2.58. The van der Waals surface area contributed by atoms with E-state index in [-0.39, 0.29) is 17.5 Å². The molecule has 0 aliphatic heterocycles. The van der Waals surface area contributed by atoms with E-state index in [9.17, 15) is 23.1 Å². The Morgan fingerprint density at radius 2 is 2.13 bits per heavy atom. The molecule has 0 amide bonds. The maximum Gasteiger partial charge on any atom is 0.573 e. The maximum absolute atomic E-state index is 11.8. The van der Waals surface area contributed by atoms with Crippen LogP contribution in [0.1, 0.15) is 16.1 Å². The second-order valence-corrected chi connectivity index (χ2v) is 2.65. The SMILES string of the molecule is Cc1c(OC(F)(F)F)cnc(C=O)c1O. The van der Waals surface area contributed by atoms with Crippen LogP contribution in [0.2, 0.25) is 0 Å². The third-order valence-corrected chi connectivity index (χ3v) is 1.63. The maximum atomic E-state index is 11.8. The van der Waals surface area contributed by atoms with Gasteiger partial charge in [-0.15, -0.1) is 13.2 Å². The Hall–Kier alpha value is -1.79. The zero-order valence-corrected chi connectivity index (χ0v) is 7.50. The summed E-state index contributed by atoms with van der Waals surface area (Å²) >= 11 is 0. The van der Waals surface area contributed by atoms with Gasteiger partial charge in [-0.2, -0.15) is 0 Å². The number of rotatable bonds is 2. The van der Waals surface area contributed by atoms with Gasteiger partial charge in [0.05, 0.1) is 6.20 Å². The molecule has 1 rings (SSSR count). The first-order chi connectivity index (χ1) is 6.85. The first kappa shape index (κ1) is 11.3. The molecule has 1 N–H and O–H groups in total. The summed E-state index contributed by atoms with van der Waals surface area (Å²) in [5, 5.41) is 9.23. The Bertz CT molecular complexity index is 389. The van der Waals surface area contributed by atoms with E-state index >= 15 is 0 Å². The lowest BCUT2D eigenvalue weighted by atomic mass is 10.2. The Morgan fingerprint density at radius 3 is 2.60 bits per heavy atom. The molecule has 0 radical (unpaired) electrons. The van der Waals surface area contributed by atoms with Crippen molar-refractivity contribution in [2.45, 2.75) is 13.3 Å². The van der Waals surface area contributed by atoms with Crippen molar-refractivity contribution in [3.63, 3.8) is 0 Å². The van der Waals surface area contributed by atoms with Gasteiger partial charge in [0, 0.05) is 5.56 Å². The lowest BCUT2D eigenvalue weighted by Gasteiger charge is -2.11. The van der Waals surface area contributed by atoms with Crippen molar-refractivity contribution in [2.75, 3.05) is 0 Å². The van der Waals surface area contributed by atoms with Crippen LogP contribution in [-0.4, -0.2) is 22.7 Å². The second kappa shape index (κ2) is 3.76. The van der Waals surface area contributed by atoms with Crippen molar-refractivity contribution < 1.29 is 27.8 Å². The predicted octanol–water partition coefficient (Wildman–Crippen LogP) is 1.81. The van der Waals surface area contributed by atoms with Crippen LogP contribution in [0, 0.1) is 6.92 Å². The topological polar surface area (TPSA) is 59.4 Å². The van der Waals surface area contributed by atoms with Gasteiger partial charge in [-0.1, -0.05) is 0 Å². The molecule has 1 heterocycles. The highest BCUT2D eigenvalue weighted by Gasteiger charge is 2.32. The van der Waals surface area contributed by atoms with Gasteiger partial charge in [-0.25, -0.2) is 4.98 Å². The minimum Gasteiger partial charge on any atom is -0.505 e. The first-order valence-electron chi connectivity index (χ1n) is 3.74. The van der Waals surface area contributed by atoms with E-state index in [1.165, 1.54) is 6.92 Å². The summed E-state index contributed by atoms with van der Waals surface area (Å²) in [6, 6.07) is 0. The van der Waals surface area contributed by atoms with Gasteiger partial charge in [-0.05, 0) is 6.92 Å². The van der Waals surface area contributed by atoms with Crippen molar-refractivity contribution in [1.82, 2.24) is 4.98 Å². The Kier molecular flexibility index (Phi) is 2.83. The van der Waals surface area contributed by atoms with Crippen molar-refractivity contribution in [1.29, 1.82) is 0 Å². The number of carbonyl (C=O) groups is 1. The molecule has 82 valence electrons. The van der Waals surface area contributed by atoms with Gasteiger partial charge in [0.25, 0.3) is 0 Å². The summed E-state index contributed by atoms with van der Waals surface area (Å²) < 4.78 is 39.1. The molecular weight excluding hydrogens is 215 g/mol. The average Bonchev–Trinajstić information content (AvgIpc) is 2.11. The van der Waals surface area contributed by atoms with Crippen LogP contribution in [0.4, 0.5) is 13.2 Å². The number of ether oxygens (including phenoxy) is 1. The van der Waals surface area contributed by atoms with Crippen LogP contribution in [0.5, 0.6) is 11.5 Å². The Morgan fingerprint density at radius 1 is 1.53 bits per heavy atom. The quantitative estimate of drug-likeness (QED) is 0.773. The molecule has 0 saturated heterocycles. The number of hydrogen-bond donors (Lipinski definition) is 1. The fourth-order valence-corrected chi connectivity index (χ4v) is 0.909. The molecule has 0 saturated carbocycles. The highest BCUT2D eigenvalue weighted by Crippen LogP contribution is 2.31. The highest BCUT2D eigenvalue weighted by atomic mass is 19.4.